The van der Waals surface area contributed by atoms with Gasteiger partial charge in [0.15, 0.2) is 0 Å². The van der Waals surface area contributed by atoms with Crippen molar-refractivity contribution < 1.29 is 14.6 Å². The topological polar surface area (TPSA) is 61.8 Å². The SMILES string of the molecule is CCCCNCc1ccc(N(C)CC(=O)O)c(OC)c1. The van der Waals surface area contributed by atoms with Crippen LogP contribution in [0.5, 0.6) is 5.75 Å². The van der Waals surface area contributed by atoms with Gasteiger partial charge < -0.3 is 20.1 Å². The lowest BCUT2D eigenvalue weighted by atomic mass is 10.1. The van der Waals surface area contributed by atoms with Crippen LogP contribution in [0.25, 0.3) is 0 Å². The third-order valence-corrected chi connectivity index (χ3v) is 3.06. The summed E-state index contributed by atoms with van der Waals surface area (Å²) in [5, 5.41) is 12.2. The number of aliphatic carboxylic acids is 1. The molecule has 1 aromatic carbocycles. The molecule has 0 radical (unpaired) electrons. The zero-order valence-corrected chi connectivity index (χ0v) is 12.5. The molecule has 0 aromatic heterocycles. The van der Waals surface area contributed by atoms with E-state index in [0.717, 1.165) is 30.8 Å². The molecule has 0 saturated heterocycles. The Morgan fingerprint density at radius 2 is 2.20 bits per heavy atom. The van der Waals surface area contributed by atoms with Crippen molar-refractivity contribution in [3.05, 3.63) is 23.8 Å². The van der Waals surface area contributed by atoms with Crippen LogP contribution in [0.3, 0.4) is 0 Å². The summed E-state index contributed by atoms with van der Waals surface area (Å²) >= 11 is 0. The zero-order valence-electron chi connectivity index (χ0n) is 12.5. The Morgan fingerprint density at radius 1 is 1.45 bits per heavy atom. The average Bonchev–Trinajstić information content (AvgIpc) is 2.42. The maximum absolute atomic E-state index is 10.8. The first-order valence-corrected chi connectivity index (χ1v) is 6.89. The van der Waals surface area contributed by atoms with Crippen LogP contribution in [0.2, 0.25) is 0 Å². The molecule has 0 fully saturated rings. The zero-order chi connectivity index (χ0) is 15.0. The lowest BCUT2D eigenvalue weighted by Crippen LogP contribution is -2.25. The Hall–Kier alpha value is -1.75. The van der Waals surface area contributed by atoms with Gasteiger partial charge in [0, 0.05) is 13.6 Å². The van der Waals surface area contributed by atoms with E-state index >= 15 is 0 Å². The van der Waals surface area contributed by atoms with Crippen molar-refractivity contribution in [1.29, 1.82) is 0 Å². The minimum atomic E-state index is -0.861. The lowest BCUT2D eigenvalue weighted by Gasteiger charge is -2.20. The van der Waals surface area contributed by atoms with Crippen molar-refractivity contribution in [3.63, 3.8) is 0 Å². The van der Waals surface area contributed by atoms with E-state index in [9.17, 15) is 4.79 Å². The highest BCUT2D eigenvalue weighted by atomic mass is 16.5. The third-order valence-electron chi connectivity index (χ3n) is 3.06. The highest BCUT2D eigenvalue weighted by molar-refractivity contribution is 5.75. The quantitative estimate of drug-likeness (QED) is 0.678. The summed E-state index contributed by atoms with van der Waals surface area (Å²) in [4.78, 5) is 12.4. The number of hydrogen-bond donors (Lipinski definition) is 2. The van der Waals surface area contributed by atoms with Gasteiger partial charge >= 0.3 is 5.97 Å². The lowest BCUT2D eigenvalue weighted by molar-refractivity contribution is -0.135. The van der Waals surface area contributed by atoms with E-state index in [4.69, 9.17) is 9.84 Å². The molecule has 112 valence electrons. The summed E-state index contributed by atoms with van der Waals surface area (Å²) in [5.74, 6) is -0.164. The van der Waals surface area contributed by atoms with E-state index in [2.05, 4.69) is 12.2 Å². The van der Waals surface area contributed by atoms with Gasteiger partial charge in [-0.15, -0.1) is 0 Å². The molecule has 0 heterocycles. The third kappa shape index (κ3) is 5.09. The van der Waals surface area contributed by atoms with Crippen LogP contribution in [0, 0.1) is 0 Å². The molecule has 0 bridgehead atoms. The molecule has 20 heavy (non-hydrogen) atoms. The highest BCUT2D eigenvalue weighted by Gasteiger charge is 2.11. The van der Waals surface area contributed by atoms with E-state index in [1.54, 1.807) is 19.1 Å². The maximum Gasteiger partial charge on any atom is 0.323 e. The van der Waals surface area contributed by atoms with Gasteiger partial charge in [-0.1, -0.05) is 19.4 Å². The molecule has 5 heteroatoms. The smallest absolute Gasteiger partial charge is 0.323 e. The molecular formula is C15H24N2O3. The number of carboxylic acids is 1. The number of nitrogens with one attached hydrogen (secondary N) is 1. The maximum atomic E-state index is 10.8. The van der Waals surface area contributed by atoms with E-state index < -0.39 is 5.97 Å². The molecule has 1 aromatic rings. The summed E-state index contributed by atoms with van der Waals surface area (Å²) in [7, 11) is 3.34. The predicted octanol–water partition coefficient (Wildman–Crippen LogP) is 2.11. The summed E-state index contributed by atoms with van der Waals surface area (Å²) in [5.41, 5.74) is 1.91. The van der Waals surface area contributed by atoms with Crippen LogP contribution in [0.15, 0.2) is 18.2 Å². The summed E-state index contributed by atoms with van der Waals surface area (Å²) in [6, 6.07) is 5.85. The largest absolute Gasteiger partial charge is 0.495 e. The number of carboxylic acid groups (broad SMARTS) is 1. The van der Waals surface area contributed by atoms with E-state index in [-0.39, 0.29) is 6.54 Å². The van der Waals surface area contributed by atoms with Crippen LogP contribution >= 0.6 is 0 Å². The van der Waals surface area contributed by atoms with Gasteiger partial charge in [-0.25, -0.2) is 0 Å². The first-order valence-electron chi connectivity index (χ1n) is 6.89. The monoisotopic (exact) mass is 280 g/mol. The summed E-state index contributed by atoms with van der Waals surface area (Å²) in [6.07, 6.45) is 2.34. The van der Waals surface area contributed by atoms with Crippen molar-refractivity contribution in [3.8, 4) is 5.75 Å². The highest BCUT2D eigenvalue weighted by Crippen LogP contribution is 2.28. The van der Waals surface area contributed by atoms with Crippen molar-refractivity contribution in [2.75, 3.05) is 32.1 Å². The van der Waals surface area contributed by atoms with Crippen LogP contribution in [0.1, 0.15) is 25.3 Å². The summed E-state index contributed by atoms with van der Waals surface area (Å²) < 4.78 is 5.35. The second kappa shape index (κ2) is 8.43. The van der Waals surface area contributed by atoms with Crippen LogP contribution in [0.4, 0.5) is 5.69 Å². The van der Waals surface area contributed by atoms with Crippen LogP contribution in [-0.2, 0) is 11.3 Å². The minimum absolute atomic E-state index is 0.0511. The Bertz CT molecular complexity index is 435. The first-order chi connectivity index (χ1) is 9.58. The Morgan fingerprint density at radius 3 is 2.80 bits per heavy atom. The van der Waals surface area contributed by atoms with Gasteiger partial charge in [0.2, 0.25) is 0 Å². The molecule has 0 atom stereocenters. The molecule has 0 aliphatic heterocycles. The molecule has 0 spiro atoms. The molecule has 0 saturated carbocycles. The molecule has 0 amide bonds. The number of hydrogen-bond acceptors (Lipinski definition) is 4. The number of methoxy groups -OCH3 is 1. The normalized spacial score (nSPS) is 10.3. The van der Waals surface area contributed by atoms with Gasteiger partial charge in [0.25, 0.3) is 0 Å². The van der Waals surface area contributed by atoms with E-state index in [1.807, 2.05) is 18.2 Å². The van der Waals surface area contributed by atoms with E-state index in [0.29, 0.717) is 5.75 Å². The second-order valence-electron chi connectivity index (χ2n) is 4.79. The number of carbonyl (C=O) groups is 1. The standard InChI is InChI=1S/C15H24N2O3/c1-4-5-8-16-10-12-6-7-13(14(9-12)20-3)17(2)11-15(18)19/h6-7,9,16H,4-5,8,10-11H2,1-3H3,(H,18,19). The van der Waals surface area contributed by atoms with Crippen LogP contribution in [-0.4, -0.2) is 38.3 Å². The van der Waals surface area contributed by atoms with Crippen LogP contribution < -0.4 is 15.0 Å². The molecule has 1 rings (SSSR count). The molecule has 2 N–H and O–H groups in total. The molecule has 0 aliphatic rings. The number of rotatable bonds is 9. The fourth-order valence-corrected chi connectivity index (χ4v) is 1.97. The summed E-state index contributed by atoms with van der Waals surface area (Å²) in [6.45, 7) is 3.90. The van der Waals surface area contributed by atoms with Crippen molar-refractivity contribution in [1.82, 2.24) is 5.32 Å². The number of nitrogens with zero attached hydrogens (tertiary/aromatic N) is 1. The average molecular weight is 280 g/mol. The number of unbranched alkanes of at least 4 members (excludes halogenated alkanes) is 1. The Balaban J connectivity index is 2.72. The fourth-order valence-electron chi connectivity index (χ4n) is 1.97. The Labute approximate surface area is 120 Å². The van der Waals surface area contributed by atoms with Gasteiger partial charge in [0.1, 0.15) is 12.3 Å². The molecular weight excluding hydrogens is 256 g/mol. The number of benzene rings is 1. The molecule has 0 aliphatic carbocycles. The van der Waals surface area contributed by atoms with Gasteiger partial charge in [-0.05, 0) is 30.7 Å². The fraction of sp³-hybridized carbons (Fsp3) is 0.533. The minimum Gasteiger partial charge on any atom is -0.495 e. The van der Waals surface area contributed by atoms with Crippen molar-refractivity contribution in [2.24, 2.45) is 0 Å². The van der Waals surface area contributed by atoms with Gasteiger partial charge in [0.05, 0.1) is 12.8 Å². The number of anilines is 1. The van der Waals surface area contributed by atoms with Gasteiger partial charge in [-0.3, -0.25) is 4.79 Å². The number of ether oxygens (including phenoxy) is 1. The van der Waals surface area contributed by atoms with Crippen molar-refractivity contribution in [2.45, 2.75) is 26.3 Å². The Kier molecular flexibility index (Phi) is 6.87. The number of likely N-dealkylation sites (N-methyl/N-ethyl adjacent to an activating group) is 1. The van der Waals surface area contributed by atoms with Gasteiger partial charge in [-0.2, -0.15) is 0 Å². The predicted molar refractivity (Wildman–Crippen MR) is 80.5 cm³/mol. The molecule has 5 nitrogen and oxygen atoms in total. The second-order valence-corrected chi connectivity index (χ2v) is 4.79. The molecule has 0 unspecified atom stereocenters. The first kappa shape index (κ1) is 16.3. The van der Waals surface area contributed by atoms with E-state index in [1.165, 1.54) is 6.42 Å². The van der Waals surface area contributed by atoms with Crippen molar-refractivity contribution >= 4 is 11.7 Å².